The van der Waals surface area contributed by atoms with Crippen molar-refractivity contribution in [2.45, 2.75) is 23.2 Å². The summed E-state index contributed by atoms with van der Waals surface area (Å²) in [6.45, 7) is 0. The average Bonchev–Trinajstić information content (AvgIpc) is 2.43. The van der Waals surface area contributed by atoms with Crippen molar-refractivity contribution in [3.05, 3.63) is 0 Å². The molecule has 2 saturated carbocycles. The van der Waals surface area contributed by atoms with Crippen molar-refractivity contribution in [2.75, 3.05) is 0 Å². The van der Waals surface area contributed by atoms with Gasteiger partial charge in [-0.2, -0.15) is 0 Å². The van der Waals surface area contributed by atoms with Crippen LogP contribution in [-0.2, 0) is 4.79 Å². The fourth-order valence-electron chi connectivity index (χ4n) is 2.54. The lowest BCUT2D eigenvalue weighted by molar-refractivity contribution is -0.313. The summed E-state index contributed by atoms with van der Waals surface area (Å²) in [5.74, 6) is 0.157. The van der Waals surface area contributed by atoms with Gasteiger partial charge >= 0.3 is 0 Å². The number of halogens is 1. The summed E-state index contributed by atoms with van der Waals surface area (Å²) in [7, 11) is 0. The summed E-state index contributed by atoms with van der Waals surface area (Å²) in [6.07, 6.45) is 3.24. The molecular formula is C8H10IO2-. The van der Waals surface area contributed by atoms with Gasteiger partial charge in [-0.3, -0.25) is 0 Å². The Morgan fingerprint density at radius 1 is 1.36 bits per heavy atom. The Kier molecular flexibility index (Phi) is 1.85. The van der Waals surface area contributed by atoms with Crippen LogP contribution in [0.25, 0.3) is 0 Å². The first kappa shape index (κ1) is 7.83. The molecule has 0 N–H and O–H groups in total. The maximum absolute atomic E-state index is 10.6. The average molecular weight is 265 g/mol. The van der Waals surface area contributed by atoms with E-state index in [1.807, 2.05) is 0 Å². The van der Waals surface area contributed by atoms with Gasteiger partial charge in [-0.15, -0.1) is 0 Å². The Morgan fingerprint density at radius 3 is 2.45 bits per heavy atom. The standard InChI is InChI=1S/C8H11IO2/c9-7-3-4-1-5(7)6(2-4)8(10)11/h4-7H,1-3H2,(H,10,11)/p-1. The lowest BCUT2D eigenvalue weighted by Crippen LogP contribution is -2.37. The van der Waals surface area contributed by atoms with Gasteiger partial charge in [-0.05, 0) is 31.1 Å². The minimum atomic E-state index is -0.820. The van der Waals surface area contributed by atoms with Crippen LogP contribution in [0.3, 0.4) is 0 Å². The molecule has 0 aliphatic heterocycles. The summed E-state index contributed by atoms with van der Waals surface area (Å²) in [4.78, 5) is 10.6. The van der Waals surface area contributed by atoms with Crippen LogP contribution >= 0.6 is 22.6 Å². The number of aliphatic carboxylic acids is 1. The molecule has 3 heteroatoms. The number of rotatable bonds is 1. The summed E-state index contributed by atoms with van der Waals surface area (Å²) >= 11 is 2.38. The number of carboxylic acids is 1. The van der Waals surface area contributed by atoms with Crippen LogP contribution in [0.15, 0.2) is 0 Å². The number of hydrogen-bond acceptors (Lipinski definition) is 2. The minimum absolute atomic E-state index is 0.129. The summed E-state index contributed by atoms with van der Waals surface area (Å²) in [5, 5.41) is 10.6. The zero-order chi connectivity index (χ0) is 8.01. The zero-order valence-corrected chi connectivity index (χ0v) is 8.28. The van der Waals surface area contributed by atoms with Gasteiger partial charge in [0.1, 0.15) is 0 Å². The van der Waals surface area contributed by atoms with Gasteiger partial charge in [-0.1, -0.05) is 22.6 Å². The van der Waals surface area contributed by atoms with Crippen LogP contribution in [0.2, 0.25) is 0 Å². The second-order valence-corrected chi connectivity index (χ2v) is 5.28. The number of hydrogen-bond donors (Lipinski definition) is 0. The molecule has 2 aliphatic carbocycles. The predicted molar refractivity (Wildman–Crippen MR) is 47.1 cm³/mol. The molecule has 4 atom stereocenters. The van der Waals surface area contributed by atoms with E-state index in [0.29, 0.717) is 15.8 Å². The van der Waals surface area contributed by atoms with E-state index in [1.54, 1.807) is 0 Å². The van der Waals surface area contributed by atoms with Gasteiger partial charge in [0.15, 0.2) is 0 Å². The van der Waals surface area contributed by atoms with E-state index in [-0.39, 0.29) is 5.92 Å². The number of carbonyl (C=O) groups excluding carboxylic acids is 1. The van der Waals surface area contributed by atoms with E-state index < -0.39 is 5.97 Å². The third-order valence-electron chi connectivity index (χ3n) is 3.04. The van der Waals surface area contributed by atoms with E-state index in [4.69, 9.17) is 0 Å². The SMILES string of the molecule is O=C([O-])C1CC2CC(I)C1C2. The molecule has 62 valence electrons. The van der Waals surface area contributed by atoms with Gasteiger partial charge in [0.2, 0.25) is 0 Å². The van der Waals surface area contributed by atoms with Crippen LogP contribution < -0.4 is 5.11 Å². The highest BCUT2D eigenvalue weighted by Crippen LogP contribution is 2.51. The van der Waals surface area contributed by atoms with Gasteiger partial charge in [0.25, 0.3) is 0 Å². The second kappa shape index (κ2) is 2.61. The summed E-state index contributed by atoms with van der Waals surface area (Å²) in [5.41, 5.74) is 0. The van der Waals surface area contributed by atoms with Crippen LogP contribution in [0.4, 0.5) is 0 Å². The van der Waals surface area contributed by atoms with Crippen LogP contribution in [0, 0.1) is 17.8 Å². The molecule has 2 aliphatic rings. The Morgan fingerprint density at radius 2 is 2.09 bits per heavy atom. The highest BCUT2D eigenvalue weighted by molar-refractivity contribution is 14.1. The molecule has 0 spiro atoms. The third-order valence-corrected chi connectivity index (χ3v) is 4.47. The van der Waals surface area contributed by atoms with E-state index in [1.165, 1.54) is 6.42 Å². The molecule has 4 unspecified atom stereocenters. The molecule has 0 heterocycles. The molecular weight excluding hydrogens is 255 g/mol. The van der Waals surface area contributed by atoms with Gasteiger partial charge < -0.3 is 9.90 Å². The molecule has 0 aromatic heterocycles. The van der Waals surface area contributed by atoms with Crippen molar-refractivity contribution in [1.82, 2.24) is 0 Å². The highest BCUT2D eigenvalue weighted by atomic mass is 127. The van der Waals surface area contributed by atoms with Crippen molar-refractivity contribution in [3.63, 3.8) is 0 Å². The molecule has 2 bridgehead atoms. The second-order valence-electron chi connectivity index (χ2n) is 3.68. The molecule has 0 aromatic carbocycles. The Hall–Kier alpha value is 0.200. The van der Waals surface area contributed by atoms with E-state index in [0.717, 1.165) is 12.8 Å². The molecule has 11 heavy (non-hydrogen) atoms. The Bertz CT molecular complexity index is 193. The van der Waals surface area contributed by atoms with Crippen molar-refractivity contribution in [1.29, 1.82) is 0 Å². The molecule has 0 aromatic rings. The fraction of sp³-hybridized carbons (Fsp3) is 0.875. The maximum Gasteiger partial charge on any atom is 0.0448 e. The number of carboxylic acid groups (broad SMARTS) is 1. The molecule has 0 radical (unpaired) electrons. The predicted octanol–water partition coefficient (Wildman–Crippen LogP) is 0.586. The first-order valence-corrected chi connectivity index (χ1v) is 5.28. The lowest BCUT2D eigenvalue weighted by Gasteiger charge is -2.26. The molecule has 0 saturated heterocycles. The normalized spacial score (nSPS) is 48.1. The van der Waals surface area contributed by atoms with Gasteiger partial charge in [0, 0.05) is 15.8 Å². The zero-order valence-electron chi connectivity index (χ0n) is 6.13. The Balaban J connectivity index is 2.12. The highest BCUT2D eigenvalue weighted by Gasteiger charge is 2.45. The summed E-state index contributed by atoms with van der Waals surface area (Å²) < 4.78 is 0.592. The van der Waals surface area contributed by atoms with Gasteiger partial charge in [-0.25, -0.2) is 0 Å². The van der Waals surface area contributed by atoms with Crippen LogP contribution in [-0.4, -0.2) is 9.89 Å². The van der Waals surface area contributed by atoms with Crippen molar-refractivity contribution >= 4 is 28.6 Å². The Labute approximate surface area is 79.5 Å². The largest absolute Gasteiger partial charge is 0.550 e. The molecule has 2 fully saturated rings. The molecule has 2 rings (SSSR count). The smallest absolute Gasteiger partial charge is 0.0448 e. The topological polar surface area (TPSA) is 40.1 Å². The van der Waals surface area contributed by atoms with Crippen LogP contribution in [0.1, 0.15) is 19.3 Å². The minimum Gasteiger partial charge on any atom is -0.550 e. The molecule has 2 nitrogen and oxygen atoms in total. The third kappa shape index (κ3) is 1.17. The van der Waals surface area contributed by atoms with Crippen molar-refractivity contribution in [2.24, 2.45) is 17.8 Å². The monoisotopic (exact) mass is 265 g/mol. The van der Waals surface area contributed by atoms with Gasteiger partial charge in [0.05, 0.1) is 0 Å². The fourth-order valence-corrected chi connectivity index (χ4v) is 4.05. The number of alkyl halides is 1. The quantitative estimate of drug-likeness (QED) is 0.514. The van der Waals surface area contributed by atoms with Crippen molar-refractivity contribution < 1.29 is 9.90 Å². The number of fused-ring (bicyclic) bond motifs is 2. The first-order valence-electron chi connectivity index (χ1n) is 4.03. The van der Waals surface area contributed by atoms with E-state index >= 15 is 0 Å². The van der Waals surface area contributed by atoms with E-state index in [2.05, 4.69) is 22.6 Å². The maximum atomic E-state index is 10.6. The molecule has 0 amide bonds. The summed E-state index contributed by atoms with van der Waals surface area (Å²) in [6, 6.07) is 0. The van der Waals surface area contributed by atoms with E-state index in [9.17, 15) is 9.90 Å². The lowest BCUT2D eigenvalue weighted by atomic mass is 9.89. The van der Waals surface area contributed by atoms with Crippen LogP contribution in [0.5, 0.6) is 0 Å². The van der Waals surface area contributed by atoms with Crippen molar-refractivity contribution in [3.8, 4) is 0 Å². The number of carbonyl (C=O) groups is 1. The first-order chi connectivity index (χ1) is 5.18.